The lowest BCUT2D eigenvalue weighted by Gasteiger charge is -2.31. The maximum absolute atomic E-state index is 5.17. The summed E-state index contributed by atoms with van der Waals surface area (Å²) >= 11 is 0. The van der Waals surface area contributed by atoms with Crippen molar-refractivity contribution in [3.8, 4) is 17.1 Å². The quantitative estimate of drug-likeness (QED) is 0.408. The number of rotatable bonds is 6. The molecule has 0 amide bonds. The van der Waals surface area contributed by atoms with Gasteiger partial charge in [0.05, 0.1) is 18.3 Å². The van der Waals surface area contributed by atoms with E-state index in [0.29, 0.717) is 11.8 Å². The molecular formula is C29H33N7O. The molecule has 2 aliphatic rings. The molecule has 0 radical (unpaired) electrons. The van der Waals surface area contributed by atoms with E-state index in [-0.39, 0.29) is 0 Å². The summed E-state index contributed by atoms with van der Waals surface area (Å²) in [5.74, 6) is 2.16. The summed E-state index contributed by atoms with van der Waals surface area (Å²) in [4.78, 5) is 11.8. The van der Waals surface area contributed by atoms with Crippen molar-refractivity contribution >= 4 is 22.4 Å². The van der Waals surface area contributed by atoms with Crippen LogP contribution in [0.5, 0.6) is 5.88 Å². The van der Waals surface area contributed by atoms with E-state index in [4.69, 9.17) is 9.72 Å². The number of aromatic nitrogens is 4. The zero-order valence-corrected chi connectivity index (χ0v) is 21.5. The lowest BCUT2D eigenvalue weighted by Crippen LogP contribution is -2.33. The van der Waals surface area contributed by atoms with E-state index in [9.17, 15) is 0 Å². The molecule has 2 aliphatic heterocycles. The Labute approximate surface area is 217 Å². The minimum atomic E-state index is 0.501. The van der Waals surface area contributed by atoms with Gasteiger partial charge in [-0.1, -0.05) is 6.07 Å². The number of ether oxygens (including phenoxy) is 1. The van der Waals surface area contributed by atoms with Gasteiger partial charge in [-0.2, -0.15) is 0 Å². The summed E-state index contributed by atoms with van der Waals surface area (Å²) in [6, 6.07) is 14.9. The number of hydrogen-bond donors (Lipinski definition) is 2. The highest BCUT2D eigenvalue weighted by Gasteiger charge is 2.21. The van der Waals surface area contributed by atoms with Gasteiger partial charge in [-0.05, 0) is 92.2 Å². The van der Waals surface area contributed by atoms with Crippen molar-refractivity contribution in [2.45, 2.75) is 32.7 Å². The van der Waals surface area contributed by atoms with Crippen molar-refractivity contribution in [3.63, 3.8) is 0 Å². The molecule has 1 saturated heterocycles. The van der Waals surface area contributed by atoms with Crippen molar-refractivity contribution in [2.24, 2.45) is 5.92 Å². The first-order valence-electron chi connectivity index (χ1n) is 13.1. The van der Waals surface area contributed by atoms with Crippen LogP contribution < -0.4 is 20.3 Å². The summed E-state index contributed by atoms with van der Waals surface area (Å²) in [7, 11) is 1.59. The third-order valence-electron chi connectivity index (χ3n) is 7.57. The molecule has 2 N–H and O–H groups in total. The maximum atomic E-state index is 5.17. The van der Waals surface area contributed by atoms with Crippen LogP contribution in [-0.4, -0.2) is 53.5 Å². The summed E-state index contributed by atoms with van der Waals surface area (Å²) in [6.45, 7) is 7.11. The topological polar surface area (TPSA) is 88.1 Å². The number of benzene rings is 2. The number of methoxy groups -OCH3 is 1. The molecule has 4 heterocycles. The first kappa shape index (κ1) is 23.6. The van der Waals surface area contributed by atoms with Gasteiger partial charge < -0.3 is 20.3 Å². The van der Waals surface area contributed by atoms with Crippen LogP contribution in [0.3, 0.4) is 0 Å². The Balaban J connectivity index is 1.27. The van der Waals surface area contributed by atoms with Crippen LogP contribution in [0.15, 0.2) is 48.8 Å². The second-order valence-corrected chi connectivity index (χ2v) is 10.1. The average molecular weight is 496 g/mol. The number of nitrogens with one attached hydrogen (secondary N) is 2. The van der Waals surface area contributed by atoms with Crippen LogP contribution in [0.1, 0.15) is 29.5 Å². The molecule has 37 heavy (non-hydrogen) atoms. The number of nitrogens with zero attached hydrogens (tertiary/aromatic N) is 5. The molecule has 2 aromatic heterocycles. The molecule has 0 saturated carbocycles. The van der Waals surface area contributed by atoms with Gasteiger partial charge in [0, 0.05) is 42.3 Å². The van der Waals surface area contributed by atoms with E-state index >= 15 is 0 Å². The summed E-state index contributed by atoms with van der Waals surface area (Å²) in [5, 5.41) is 16.7. The Morgan fingerprint density at radius 3 is 2.84 bits per heavy atom. The predicted octanol–water partition coefficient (Wildman–Crippen LogP) is 4.38. The van der Waals surface area contributed by atoms with E-state index in [0.717, 1.165) is 72.7 Å². The summed E-state index contributed by atoms with van der Waals surface area (Å²) < 4.78 is 5.17. The number of hydrogen-bond acceptors (Lipinski definition) is 8. The zero-order valence-electron chi connectivity index (χ0n) is 21.5. The molecule has 8 nitrogen and oxygen atoms in total. The Bertz CT molecular complexity index is 1400. The molecule has 0 aliphatic carbocycles. The normalized spacial score (nSPS) is 17.5. The predicted molar refractivity (Wildman–Crippen MR) is 147 cm³/mol. The third kappa shape index (κ3) is 4.93. The van der Waals surface area contributed by atoms with Gasteiger partial charge >= 0.3 is 0 Å². The molecule has 0 bridgehead atoms. The van der Waals surface area contributed by atoms with Crippen molar-refractivity contribution in [1.82, 2.24) is 25.5 Å². The smallest absolute Gasteiger partial charge is 0.233 e. The highest BCUT2D eigenvalue weighted by Crippen LogP contribution is 2.33. The monoisotopic (exact) mass is 495 g/mol. The Hall–Kier alpha value is -3.78. The second-order valence-electron chi connectivity index (χ2n) is 10.1. The van der Waals surface area contributed by atoms with Crippen LogP contribution in [0.2, 0.25) is 0 Å². The van der Waals surface area contributed by atoms with E-state index in [1.54, 1.807) is 13.4 Å². The van der Waals surface area contributed by atoms with Gasteiger partial charge in [-0.15, -0.1) is 10.2 Å². The lowest BCUT2D eigenvalue weighted by atomic mass is 9.97. The molecule has 1 fully saturated rings. The standard InChI is InChI=1S/C29H33N7O/c1-19-12-22(26-7-8-27(37-2)35-34-26)14-25-28(19)32-18-33-29(25)36-11-9-21-5-6-24(13-23(21)17-36)31-16-20-4-3-10-30-15-20/h5-8,12-14,18,20,30-31H,3-4,9-11,15-17H2,1-2H3. The number of aryl methyl sites for hydroxylation is 1. The molecule has 1 atom stereocenters. The van der Waals surface area contributed by atoms with Gasteiger partial charge in [-0.3, -0.25) is 0 Å². The van der Waals surface area contributed by atoms with E-state index in [2.05, 4.69) is 68.0 Å². The van der Waals surface area contributed by atoms with Crippen molar-refractivity contribution < 1.29 is 4.74 Å². The average Bonchev–Trinajstić information content (AvgIpc) is 2.96. The first-order chi connectivity index (χ1) is 18.2. The Morgan fingerprint density at radius 1 is 1.08 bits per heavy atom. The fourth-order valence-corrected chi connectivity index (χ4v) is 5.52. The molecule has 0 spiro atoms. The second kappa shape index (κ2) is 10.3. The largest absolute Gasteiger partial charge is 0.480 e. The van der Waals surface area contributed by atoms with Crippen LogP contribution in [0, 0.1) is 12.8 Å². The fourth-order valence-electron chi connectivity index (χ4n) is 5.52. The van der Waals surface area contributed by atoms with Crippen LogP contribution >= 0.6 is 0 Å². The van der Waals surface area contributed by atoms with Gasteiger partial charge in [-0.25, -0.2) is 9.97 Å². The van der Waals surface area contributed by atoms with Crippen molar-refractivity contribution in [1.29, 1.82) is 0 Å². The summed E-state index contributed by atoms with van der Waals surface area (Å²) in [6.07, 6.45) is 5.24. The highest BCUT2D eigenvalue weighted by molar-refractivity contribution is 5.94. The van der Waals surface area contributed by atoms with Gasteiger partial charge in [0.2, 0.25) is 5.88 Å². The van der Waals surface area contributed by atoms with Gasteiger partial charge in [0.15, 0.2) is 0 Å². The highest BCUT2D eigenvalue weighted by atomic mass is 16.5. The van der Waals surface area contributed by atoms with Gasteiger partial charge in [0.25, 0.3) is 0 Å². The zero-order chi connectivity index (χ0) is 25.2. The van der Waals surface area contributed by atoms with E-state index < -0.39 is 0 Å². The molecule has 1 unspecified atom stereocenters. The van der Waals surface area contributed by atoms with Crippen LogP contribution in [-0.2, 0) is 13.0 Å². The molecular weight excluding hydrogens is 462 g/mol. The minimum Gasteiger partial charge on any atom is -0.480 e. The molecule has 4 aromatic rings. The molecule has 2 aromatic carbocycles. The Kier molecular flexibility index (Phi) is 6.57. The molecule has 6 rings (SSSR count). The molecule has 8 heteroatoms. The fraction of sp³-hybridized carbons (Fsp3) is 0.379. The first-order valence-corrected chi connectivity index (χ1v) is 13.1. The van der Waals surface area contributed by atoms with E-state index in [1.807, 2.05) is 12.1 Å². The van der Waals surface area contributed by atoms with Crippen molar-refractivity contribution in [2.75, 3.05) is 43.5 Å². The number of piperidine rings is 1. The summed E-state index contributed by atoms with van der Waals surface area (Å²) in [5.41, 5.74) is 7.84. The lowest BCUT2D eigenvalue weighted by molar-refractivity contribution is 0.392. The minimum absolute atomic E-state index is 0.501. The van der Waals surface area contributed by atoms with Gasteiger partial charge in [0.1, 0.15) is 12.1 Å². The molecule has 190 valence electrons. The number of anilines is 2. The van der Waals surface area contributed by atoms with Crippen molar-refractivity contribution in [3.05, 3.63) is 65.5 Å². The third-order valence-corrected chi connectivity index (χ3v) is 7.57. The Morgan fingerprint density at radius 2 is 2.03 bits per heavy atom. The van der Waals surface area contributed by atoms with Crippen LogP contribution in [0.25, 0.3) is 22.2 Å². The number of fused-ring (bicyclic) bond motifs is 2. The maximum Gasteiger partial charge on any atom is 0.233 e. The van der Waals surface area contributed by atoms with Crippen LogP contribution in [0.4, 0.5) is 11.5 Å². The SMILES string of the molecule is COc1ccc(-c2cc(C)c3ncnc(N4CCc5ccc(NCC6CCCNC6)cc5C4)c3c2)nn1. The van der Waals surface area contributed by atoms with E-state index in [1.165, 1.54) is 29.7 Å².